The molecule has 0 unspecified atom stereocenters. The van der Waals surface area contributed by atoms with Crippen molar-refractivity contribution in [2.45, 2.75) is 0 Å². The number of fused-ring (bicyclic) bond motifs is 1. The third-order valence-electron chi connectivity index (χ3n) is 4.36. The molecule has 0 saturated heterocycles. The summed E-state index contributed by atoms with van der Waals surface area (Å²) in [5.41, 5.74) is 3.12. The lowest BCUT2D eigenvalue weighted by Crippen LogP contribution is -1.98. The quantitative estimate of drug-likeness (QED) is 0.516. The van der Waals surface area contributed by atoms with Crippen LogP contribution >= 0.6 is 11.6 Å². The van der Waals surface area contributed by atoms with Crippen LogP contribution in [0, 0.1) is 11.3 Å². The third-order valence-corrected chi connectivity index (χ3v) is 4.69. The normalized spacial score (nSPS) is 10.6. The summed E-state index contributed by atoms with van der Waals surface area (Å²) in [5.74, 6) is 1.85. The molecule has 2 heterocycles. The fourth-order valence-corrected chi connectivity index (χ4v) is 3.18. The molecule has 140 valence electrons. The number of nitrogens with zero attached hydrogens (tertiary/aromatic N) is 3. The summed E-state index contributed by atoms with van der Waals surface area (Å²) in [6.45, 7) is 0. The minimum Gasteiger partial charge on any atom is -0.493 e. The highest BCUT2D eigenvalue weighted by atomic mass is 35.5. The first-order valence-electron chi connectivity index (χ1n) is 8.40. The van der Waals surface area contributed by atoms with E-state index in [1.807, 2.05) is 36.4 Å². The zero-order valence-corrected chi connectivity index (χ0v) is 15.9. The molecule has 0 aliphatic rings. The maximum absolute atomic E-state index is 9.38. The molecule has 0 bridgehead atoms. The Kier molecular flexibility index (Phi) is 4.55. The average Bonchev–Trinajstić information content (AvgIpc) is 3.28. The van der Waals surface area contributed by atoms with Crippen LogP contribution in [0.3, 0.4) is 0 Å². The second kappa shape index (κ2) is 7.18. The van der Waals surface area contributed by atoms with E-state index in [0.29, 0.717) is 39.2 Å². The number of methoxy groups -OCH3 is 2. The summed E-state index contributed by atoms with van der Waals surface area (Å²) in [6, 6.07) is 15.1. The number of hydrogen-bond donors (Lipinski definition) is 2. The van der Waals surface area contributed by atoms with Crippen LogP contribution in [0.1, 0.15) is 5.56 Å². The van der Waals surface area contributed by atoms with Crippen molar-refractivity contribution in [1.82, 2.24) is 14.6 Å². The number of halogens is 1. The number of hydrogen-bond acceptors (Lipinski definition) is 5. The Morgan fingerprint density at radius 2 is 1.93 bits per heavy atom. The van der Waals surface area contributed by atoms with Crippen LogP contribution in [0.25, 0.3) is 16.9 Å². The van der Waals surface area contributed by atoms with E-state index in [-0.39, 0.29) is 0 Å². The Hall–Kier alpha value is -3.63. The van der Waals surface area contributed by atoms with Gasteiger partial charge in [0.25, 0.3) is 0 Å². The zero-order chi connectivity index (χ0) is 19.7. The molecule has 2 aromatic heterocycles. The highest BCUT2D eigenvalue weighted by Gasteiger charge is 2.20. The minimum atomic E-state index is 0.439. The van der Waals surface area contributed by atoms with Gasteiger partial charge < -0.3 is 14.8 Å². The number of nitriles is 1. The number of para-hydroxylation sites is 1. The number of aromatic nitrogens is 3. The van der Waals surface area contributed by atoms with E-state index in [1.165, 1.54) is 0 Å². The van der Waals surface area contributed by atoms with Crippen molar-refractivity contribution in [1.29, 1.82) is 5.26 Å². The Bertz CT molecular complexity index is 1210. The van der Waals surface area contributed by atoms with Crippen LogP contribution in [0.15, 0.2) is 48.7 Å². The van der Waals surface area contributed by atoms with E-state index in [1.54, 1.807) is 31.0 Å². The van der Waals surface area contributed by atoms with Crippen LogP contribution in [0.4, 0.5) is 11.5 Å². The number of anilines is 2. The lowest BCUT2D eigenvalue weighted by atomic mass is 10.1. The van der Waals surface area contributed by atoms with Gasteiger partial charge in [0.15, 0.2) is 23.0 Å². The topological polar surface area (TPSA) is 87.4 Å². The van der Waals surface area contributed by atoms with E-state index in [4.69, 9.17) is 21.1 Å². The second-order valence-corrected chi connectivity index (χ2v) is 6.35. The van der Waals surface area contributed by atoms with Crippen LogP contribution in [-0.2, 0) is 0 Å². The summed E-state index contributed by atoms with van der Waals surface area (Å²) >= 11 is 6.32. The second-order valence-electron chi connectivity index (χ2n) is 5.94. The first-order chi connectivity index (χ1) is 13.7. The lowest BCUT2D eigenvalue weighted by Gasteiger charge is -2.11. The van der Waals surface area contributed by atoms with E-state index in [9.17, 15) is 5.26 Å². The van der Waals surface area contributed by atoms with Crippen molar-refractivity contribution in [2.24, 2.45) is 0 Å². The highest BCUT2D eigenvalue weighted by Crippen LogP contribution is 2.37. The van der Waals surface area contributed by atoms with Crippen LogP contribution in [0.2, 0.25) is 5.02 Å². The standard InChI is InChI=1S/C20H16ClN5O2/c1-27-16-8-7-12(9-17(16)28-2)18-20(24-15-6-4-3-5-14(15)21)26-19(25-18)13(10-22)11-23-26/h3-9,11,23-24H,1-2H3. The molecular formula is C20H16ClN5O2. The van der Waals surface area contributed by atoms with Crippen molar-refractivity contribution in [3.63, 3.8) is 0 Å². The summed E-state index contributed by atoms with van der Waals surface area (Å²) in [6.07, 6.45) is 1.61. The van der Waals surface area contributed by atoms with E-state index in [0.717, 1.165) is 11.3 Å². The largest absolute Gasteiger partial charge is 0.493 e. The number of aromatic amines is 1. The van der Waals surface area contributed by atoms with Crippen molar-refractivity contribution >= 4 is 28.8 Å². The van der Waals surface area contributed by atoms with Gasteiger partial charge in [0.05, 0.1) is 24.9 Å². The molecule has 4 aromatic rings. The van der Waals surface area contributed by atoms with Gasteiger partial charge in [-0.2, -0.15) is 5.26 Å². The van der Waals surface area contributed by atoms with Gasteiger partial charge in [0.2, 0.25) is 0 Å². The van der Waals surface area contributed by atoms with Gasteiger partial charge in [-0.15, -0.1) is 0 Å². The van der Waals surface area contributed by atoms with Gasteiger partial charge in [-0.05, 0) is 30.3 Å². The first-order valence-corrected chi connectivity index (χ1v) is 8.78. The Balaban J connectivity index is 1.92. The Morgan fingerprint density at radius 3 is 2.64 bits per heavy atom. The number of rotatable bonds is 5. The van der Waals surface area contributed by atoms with E-state index in [2.05, 4.69) is 21.5 Å². The van der Waals surface area contributed by atoms with E-state index >= 15 is 0 Å². The van der Waals surface area contributed by atoms with Crippen LogP contribution in [0.5, 0.6) is 11.5 Å². The fraction of sp³-hybridized carbons (Fsp3) is 0.100. The monoisotopic (exact) mass is 393 g/mol. The molecule has 0 fully saturated rings. The number of imidazole rings is 1. The molecule has 28 heavy (non-hydrogen) atoms. The number of ether oxygens (including phenoxy) is 2. The molecule has 0 saturated carbocycles. The molecule has 7 nitrogen and oxygen atoms in total. The molecular weight excluding hydrogens is 378 g/mol. The predicted molar refractivity (Wildman–Crippen MR) is 108 cm³/mol. The summed E-state index contributed by atoms with van der Waals surface area (Å²) in [7, 11) is 3.16. The third kappa shape index (κ3) is 2.90. The molecule has 0 amide bonds. The molecule has 0 aliphatic carbocycles. The molecule has 0 aliphatic heterocycles. The number of nitrogens with one attached hydrogen (secondary N) is 2. The summed E-state index contributed by atoms with van der Waals surface area (Å²) in [5, 5.41) is 16.3. The summed E-state index contributed by atoms with van der Waals surface area (Å²) < 4.78 is 12.4. The predicted octanol–water partition coefficient (Wildman–Crippen LogP) is 4.62. The van der Waals surface area contributed by atoms with Crippen molar-refractivity contribution in [3.05, 3.63) is 59.2 Å². The SMILES string of the molecule is COc1ccc(-c2nc3c(C#N)c[nH]n3c2Nc2ccccc2Cl)cc1OC. The van der Waals surface area contributed by atoms with Gasteiger partial charge in [-0.1, -0.05) is 23.7 Å². The molecule has 4 rings (SSSR count). The van der Waals surface area contributed by atoms with Crippen molar-refractivity contribution in [2.75, 3.05) is 19.5 Å². The molecule has 0 spiro atoms. The maximum atomic E-state index is 9.38. The van der Waals surface area contributed by atoms with Gasteiger partial charge in [-0.25, -0.2) is 9.50 Å². The maximum Gasteiger partial charge on any atom is 0.173 e. The highest BCUT2D eigenvalue weighted by molar-refractivity contribution is 6.33. The van der Waals surface area contributed by atoms with Crippen molar-refractivity contribution < 1.29 is 9.47 Å². The van der Waals surface area contributed by atoms with Gasteiger partial charge in [0.1, 0.15) is 17.3 Å². The zero-order valence-electron chi connectivity index (χ0n) is 15.2. The molecule has 2 N–H and O–H groups in total. The minimum absolute atomic E-state index is 0.439. The molecule has 0 radical (unpaired) electrons. The molecule has 2 aromatic carbocycles. The fourth-order valence-electron chi connectivity index (χ4n) is 2.99. The average molecular weight is 394 g/mol. The van der Waals surface area contributed by atoms with Crippen LogP contribution < -0.4 is 14.8 Å². The van der Waals surface area contributed by atoms with Crippen LogP contribution in [-0.4, -0.2) is 28.8 Å². The number of benzene rings is 2. The summed E-state index contributed by atoms with van der Waals surface area (Å²) in [4.78, 5) is 4.68. The van der Waals surface area contributed by atoms with Gasteiger partial charge >= 0.3 is 0 Å². The number of H-pyrrole nitrogens is 1. The lowest BCUT2D eigenvalue weighted by molar-refractivity contribution is 0.355. The molecule has 8 heteroatoms. The van der Waals surface area contributed by atoms with E-state index < -0.39 is 0 Å². The van der Waals surface area contributed by atoms with Crippen molar-refractivity contribution in [3.8, 4) is 28.8 Å². The first kappa shape index (κ1) is 17.8. The Morgan fingerprint density at radius 1 is 1.14 bits per heavy atom. The van der Waals surface area contributed by atoms with Gasteiger partial charge in [0, 0.05) is 11.8 Å². The van der Waals surface area contributed by atoms with Gasteiger partial charge in [-0.3, -0.25) is 5.10 Å². The molecule has 0 atom stereocenters. The Labute approximate surface area is 166 Å². The smallest absolute Gasteiger partial charge is 0.173 e.